The number of nitrogens with zero attached hydrogens (tertiary/aromatic N) is 2. The van der Waals surface area contributed by atoms with Crippen molar-refractivity contribution < 1.29 is 4.79 Å². The largest absolute Gasteiger partial charge is 0.322 e. The highest BCUT2D eigenvalue weighted by atomic mass is 32.1. The average Bonchev–Trinajstić information content (AvgIpc) is 3.45. The van der Waals surface area contributed by atoms with Crippen LogP contribution in [0.5, 0.6) is 0 Å². The van der Waals surface area contributed by atoms with Gasteiger partial charge in [-0.2, -0.15) is 0 Å². The Kier molecular flexibility index (Phi) is 5.53. The van der Waals surface area contributed by atoms with Gasteiger partial charge in [0.1, 0.15) is 5.00 Å². The Balaban J connectivity index is 1.50. The van der Waals surface area contributed by atoms with Crippen molar-refractivity contribution in [2.75, 3.05) is 5.32 Å². The molecule has 0 unspecified atom stereocenters. The van der Waals surface area contributed by atoms with E-state index in [2.05, 4.69) is 79.3 Å². The van der Waals surface area contributed by atoms with E-state index in [-0.39, 0.29) is 12.1 Å². The van der Waals surface area contributed by atoms with Crippen LogP contribution < -0.4 is 5.32 Å². The molecule has 0 bridgehead atoms. The molecular formula is C30H31N3OS. The molecule has 2 aliphatic rings. The van der Waals surface area contributed by atoms with E-state index in [1.54, 1.807) is 0 Å². The maximum Gasteiger partial charge on any atom is 0.322 e. The maximum atomic E-state index is 14.1. The number of aryl methyl sites for hydroxylation is 3. The summed E-state index contributed by atoms with van der Waals surface area (Å²) in [5, 5.41) is 4.55. The number of carbonyl (C=O) groups is 1. The van der Waals surface area contributed by atoms with Crippen molar-refractivity contribution in [2.45, 2.75) is 59.0 Å². The van der Waals surface area contributed by atoms with E-state index in [0.29, 0.717) is 6.54 Å². The van der Waals surface area contributed by atoms with E-state index >= 15 is 0 Å². The first-order valence-corrected chi connectivity index (χ1v) is 13.3. The van der Waals surface area contributed by atoms with Crippen molar-refractivity contribution in [2.24, 2.45) is 0 Å². The predicted molar refractivity (Wildman–Crippen MR) is 144 cm³/mol. The second-order valence-corrected chi connectivity index (χ2v) is 11.0. The summed E-state index contributed by atoms with van der Waals surface area (Å²) in [4.78, 5) is 17.6. The third-order valence-electron chi connectivity index (χ3n) is 7.68. The lowest BCUT2D eigenvalue weighted by Gasteiger charge is -2.32. The number of aromatic nitrogens is 1. The minimum absolute atomic E-state index is 0.0550. The zero-order valence-corrected chi connectivity index (χ0v) is 21.4. The van der Waals surface area contributed by atoms with Crippen molar-refractivity contribution >= 4 is 23.1 Å². The average molecular weight is 482 g/mol. The van der Waals surface area contributed by atoms with Crippen molar-refractivity contribution in [1.29, 1.82) is 0 Å². The summed E-state index contributed by atoms with van der Waals surface area (Å²) in [7, 11) is 0. The van der Waals surface area contributed by atoms with E-state index in [1.807, 2.05) is 28.4 Å². The first kappa shape index (κ1) is 22.2. The number of fused-ring (bicyclic) bond motifs is 5. The van der Waals surface area contributed by atoms with Crippen LogP contribution in [0.1, 0.15) is 62.8 Å². The van der Waals surface area contributed by atoms with Crippen LogP contribution in [0, 0.1) is 20.8 Å². The molecule has 178 valence electrons. The second kappa shape index (κ2) is 8.72. The van der Waals surface area contributed by atoms with Crippen LogP contribution in [-0.2, 0) is 19.4 Å². The molecule has 0 saturated carbocycles. The molecule has 0 fully saturated rings. The van der Waals surface area contributed by atoms with Gasteiger partial charge in [-0.05, 0) is 86.9 Å². The molecule has 1 aliphatic carbocycles. The Morgan fingerprint density at radius 2 is 1.74 bits per heavy atom. The van der Waals surface area contributed by atoms with Crippen molar-refractivity contribution in [3.05, 3.63) is 105 Å². The molecule has 1 atom stereocenters. The van der Waals surface area contributed by atoms with Crippen LogP contribution in [0.2, 0.25) is 0 Å². The van der Waals surface area contributed by atoms with E-state index in [0.717, 1.165) is 35.3 Å². The van der Waals surface area contributed by atoms with Gasteiger partial charge in [-0.3, -0.25) is 0 Å². The molecule has 6 rings (SSSR count). The molecule has 2 amide bonds. The third kappa shape index (κ3) is 3.79. The lowest BCUT2D eigenvalue weighted by Crippen LogP contribution is -2.38. The predicted octanol–water partition coefficient (Wildman–Crippen LogP) is 7.48. The number of amides is 2. The van der Waals surface area contributed by atoms with Crippen molar-refractivity contribution in [3.63, 3.8) is 0 Å². The van der Waals surface area contributed by atoms with Crippen LogP contribution in [0.4, 0.5) is 10.5 Å². The highest BCUT2D eigenvalue weighted by Crippen LogP contribution is 2.44. The molecule has 2 aromatic carbocycles. The van der Waals surface area contributed by atoms with Crippen LogP contribution in [0.25, 0.3) is 5.00 Å². The van der Waals surface area contributed by atoms with Gasteiger partial charge in [-0.1, -0.05) is 42.0 Å². The van der Waals surface area contributed by atoms with E-state index in [4.69, 9.17) is 0 Å². The summed E-state index contributed by atoms with van der Waals surface area (Å²) >= 11 is 1.92. The molecule has 0 spiro atoms. The number of hydrogen-bond acceptors (Lipinski definition) is 2. The van der Waals surface area contributed by atoms with Gasteiger partial charge in [0.2, 0.25) is 0 Å². The summed E-state index contributed by atoms with van der Waals surface area (Å²) in [6.07, 6.45) is 6.92. The molecule has 1 N–H and O–H groups in total. The van der Waals surface area contributed by atoms with E-state index in [9.17, 15) is 4.79 Å². The van der Waals surface area contributed by atoms with Gasteiger partial charge in [0.25, 0.3) is 0 Å². The molecular weight excluding hydrogens is 450 g/mol. The standard InChI is InChI=1S/C30H31N3OS/c1-19-13-15-22(16-14-19)28-26-11-7-17-32(26)29-24(23-9-4-5-12-27(23)35-29)18-33(28)30(34)31-25-10-6-8-20(2)21(25)3/h6-8,10-11,13-17,28H,4-5,9,12,18H2,1-3H3,(H,31,34)/t28-/m1/s1. The number of hydrogen-bond donors (Lipinski definition) is 1. The van der Waals surface area contributed by atoms with Crippen molar-refractivity contribution in [1.82, 2.24) is 9.47 Å². The molecule has 3 heterocycles. The number of urea groups is 1. The first-order chi connectivity index (χ1) is 17.0. The second-order valence-electron chi connectivity index (χ2n) is 9.92. The monoisotopic (exact) mass is 481 g/mol. The number of benzene rings is 2. The Morgan fingerprint density at radius 3 is 2.57 bits per heavy atom. The minimum atomic E-state index is -0.172. The van der Waals surface area contributed by atoms with Crippen LogP contribution in [-0.4, -0.2) is 15.5 Å². The fraction of sp³-hybridized carbons (Fsp3) is 0.300. The van der Waals surface area contributed by atoms with Gasteiger partial charge < -0.3 is 14.8 Å². The van der Waals surface area contributed by atoms with Crippen molar-refractivity contribution in [3.8, 4) is 5.00 Å². The Hall–Kier alpha value is -3.31. The molecule has 0 saturated heterocycles. The fourth-order valence-corrected chi connectivity index (χ4v) is 6.96. The number of rotatable bonds is 2. The molecule has 1 aliphatic heterocycles. The quantitative estimate of drug-likeness (QED) is 0.317. The minimum Gasteiger partial charge on any atom is -0.310 e. The fourth-order valence-electron chi connectivity index (χ4n) is 5.56. The Morgan fingerprint density at radius 1 is 0.943 bits per heavy atom. The highest BCUT2D eigenvalue weighted by molar-refractivity contribution is 7.15. The van der Waals surface area contributed by atoms with Crippen LogP contribution in [0.15, 0.2) is 60.8 Å². The Labute approximate surface area is 211 Å². The maximum absolute atomic E-state index is 14.1. The molecule has 5 heteroatoms. The molecule has 35 heavy (non-hydrogen) atoms. The van der Waals surface area contributed by atoms with E-state index < -0.39 is 0 Å². The lowest BCUT2D eigenvalue weighted by molar-refractivity contribution is 0.194. The normalized spacial score (nSPS) is 16.8. The zero-order chi connectivity index (χ0) is 24.1. The van der Waals surface area contributed by atoms with Gasteiger partial charge in [-0.15, -0.1) is 11.3 Å². The highest BCUT2D eigenvalue weighted by Gasteiger charge is 2.36. The van der Waals surface area contributed by atoms with Gasteiger partial charge in [0.15, 0.2) is 0 Å². The topological polar surface area (TPSA) is 37.3 Å². The van der Waals surface area contributed by atoms with Gasteiger partial charge in [0, 0.05) is 22.3 Å². The SMILES string of the molecule is Cc1ccc([C@@H]2c3cccn3-c3sc4c(c3CN2C(=O)Nc2cccc(C)c2C)CCCC4)cc1. The smallest absolute Gasteiger partial charge is 0.310 e. The number of thiophene rings is 1. The lowest BCUT2D eigenvalue weighted by atomic mass is 9.95. The summed E-state index contributed by atoms with van der Waals surface area (Å²) in [6.45, 7) is 6.87. The van der Waals surface area contributed by atoms with Gasteiger partial charge >= 0.3 is 6.03 Å². The molecule has 2 aromatic heterocycles. The molecule has 4 aromatic rings. The number of anilines is 1. The van der Waals surface area contributed by atoms with Crippen LogP contribution in [0.3, 0.4) is 0 Å². The summed E-state index contributed by atoms with van der Waals surface area (Å²) in [6, 6.07) is 18.8. The first-order valence-electron chi connectivity index (χ1n) is 12.5. The summed E-state index contributed by atoms with van der Waals surface area (Å²) in [5.41, 5.74) is 9.47. The number of nitrogens with one attached hydrogen (secondary N) is 1. The molecule has 4 nitrogen and oxygen atoms in total. The number of carbonyl (C=O) groups excluding carboxylic acids is 1. The Bertz CT molecular complexity index is 1410. The third-order valence-corrected chi connectivity index (χ3v) is 9.01. The van der Waals surface area contributed by atoms with Crippen LogP contribution >= 0.6 is 11.3 Å². The van der Waals surface area contributed by atoms with Gasteiger partial charge in [-0.25, -0.2) is 4.79 Å². The zero-order valence-electron chi connectivity index (χ0n) is 20.6. The van der Waals surface area contributed by atoms with Gasteiger partial charge in [0.05, 0.1) is 18.3 Å². The summed E-state index contributed by atoms with van der Waals surface area (Å²) in [5.74, 6) is 0. The van der Waals surface area contributed by atoms with E-state index in [1.165, 1.54) is 45.0 Å². The summed E-state index contributed by atoms with van der Waals surface area (Å²) < 4.78 is 2.34. The molecule has 0 radical (unpaired) electrons.